The maximum absolute atomic E-state index is 12.5. The second-order valence-corrected chi connectivity index (χ2v) is 7.10. The van der Waals surface area contributed by atoms with Crippen molar-refractivity contribution in [1.82, 2.24) is 10.2 Å². The standard InChI is InChI=1S/C19H26N4O2/c1-14(24)16-8-10-23(12-16)19(25)21-17-6-4-9-22(13-17)18-7-3-2-5-15(18)11-20/h2-3,5,7,14,16-17,24H,4,6,8-10,12-13H2,1H3,(H,21,25)/t14-,16+,17-/m0/s1. The van der Waals surface area contributed by atoms with Crippen molar-refractivity contribution in [2.75, 3.05) is 31.1 Å². The molecule has 0 spiro atoms. The Morgan fingerprint density at radius 3 is 2.84 bits per heavy atom. The molecule has 2 saturated heterocycles. The summed E-state index contributed by atoms with van der Waals surface area (Å²) in [5.74, 6) is 0.177. The van der Waals surface area contributed by atoms with Gasteiger partial charge in [0.2, 0.25) is 0 Å². The number of rotatable bonds is 3. The Bertz CT molecular complexity index is 655. The number of likely N-dealkylation sites (tertiary alicyclic amines) is 1. The molecule has 25 heavy (non-hydrogen) atoms. The lowest BCUT2D eigenvalue weighted by atomic mass is 10.0. The summed E-state index contributed by atoms with van der Waals surface area (Å²) < 4.78 is 0. The Hall–Kier alpha value is -2.26. The number of aliphatic hydroxyl groups excluding tert-OH is 1. The fourth-order valence-electron chi connectivity index (χ4n) is 3.79. The average molecular weight is 342 g/mol. The van der Waals surface area contributed by atoms with Gasteiger partial charge >= 0.3 is 6.03 Å². The minimum absolute atomic E-state index is 0.0384. The highest BCUT2D eigenvalue weighted by Crippen LogP contribution is 2.24. The monoisotopic (exact) mass is 342 g/mol. The van der Waals surface area contributed by atoms with Gasteiger partial charge in [0.1, 0.15) is 6.07 Å². The summed E-state index contributed by atoms with van der Waals surface area (Å²) in [7, 11) is 0. The fraction of sp³-hybridized carbons (Fsp3) is 0.579. The summed E-state index contributed by atoms with van der Waals surface area (Å²) in [6.45, 7) is 4.74. The Kier molecular flexibility index (Phi) is 5.44. The molecule has 2 amide bonds. The largest absolute Gasteiger partial charge is 0.393 e. The van der Waals surface area contributed by atoms with Crippen LogP contribution < -0.4 is 10.2 Å². The lowest BCUT2D eigenvalue weighted by molar-refractivity contribution is 0.129. The summed E-state index contributed by atoms with van der Waals surface area (Å²) in [6, 6.07) is 9.91. The molecular weight excluding hydrogens is 316 g/mol. The van der Waals surface area contributed by atoms with Crippen LogP contribution in [-0.4, -0.2) is 54.4 Å². The van der Waals surface area contributed by atoms with Crippen LogP contribution in [0.1, 0.15) is 31.7 Å². The molecule has 2 heterocycles. The number of amides is 2. The van der Waals surface area contributed by atoms with Crippen molar-refractivity contribution < 1.29 is 9.90 Å². The average Bonchev–Trinajstić information content (AvgIpc) is 3.12. The summed E-state index contributed by atoms with van der Waals surface area (Å²) in [4.78, 5) is 16.5. The van der Waals surface area contributed by atoms with Crippen LogP contribution in [0.2, 0.25) is 0 Å². The predicted octanol–water partition coefficient (Wildman–Crippen LogP) is 1.94. The number of carbonyl (C=O) groups is 1. The van der Waals surface area contributed by atoms with Crippen LogP contribution in [0.5, 0.6) is 0 Å². The van der Waals surface area contributed by atoms with E-state index in [-0.39, 0.29) is 24.1 Å². The van der Waals surface area contributed by atoms with E-state index in [1.54, 1.807) is 11.8 Å². The molecule has 2 fully saturated rings. The Labute approximate surface area is 149 Å². The summed E-state index contributed by atoms with van der Waals surface area (Å²) in [5.41, 5.74) is 1.62. The molecule has 0 saturated carbocycles. The van der Waals surface area contributed by atoms with Crippen molar-refractivity contribution in [3.8, 4) is 6.07 Å². The number of benzene rings is 1. The van der Waals surface area contributed by atoms with Crippen molar-refractivity contribution in [2.45, 2.75) is 38.3 Å². The van der Waals surface area contributed by atoms with E-state index in [1.165, 1.54) is 0 Å². The van der Waals surface area contributed by atoms with E-state index in [0.29, 0.717) is 18.7 Å². The van der Waals surface area contributed by atoms with E-state index in [1.807, 2.05) is 24.3 Å². The topological polar surface area (TPSA) is 79.6 Å². The highest BCUT2D eigenvalue weighted by molar-refractivity contribution is 5.75. The maximum atomic E-state index is 12.5. The van der Waals surface area contributed by atoms with Gasteiger partial charge in [-0.2, -0.15) is 5.26 Å². The number of hydrogen-bond acceptors (Lipinski definition) is 4. The SMILES string of the molecule is C[C@H](O)[C@@H]1CCN(C(=O)N[C@H]2CCCN(c3ccccc3C#N)C2)C1. The third-order valence-corrected chi connectivity index (χ3v) is 5.31. The van der Waals surface area contributed by atoms with Gasteiger partial charge in [-0.05, 0) is 38.3 Å². The highest BCUT2D eigenvalue weighted by Gasteiger charge is 2.31. The first-order valence-electron chi connectivity index (χ1n) is 9.06. The lowest BCUT2D eigenvalue weighted by Crippen LogP contribution is -2.51. The van der Waals surface area contributed by atoms with E-state index in [2.05, 4.69) is 16.3 Å². The third-order valence-electron chi connectivity index (χ3n) is 5.31. The molecule has 2 aliphatic heterocycles. The summed E-state index contributed by atoms with van der Waals surface area (Å²) >= 11 is 0. The molecule has 6 nitrogen and oxygen atoms in total. The zero-order chi connectivity index (χ0) is 17.8. The Balaban J connectivity index is 1.59. The predicted molar refractivity (Wildman–Crippen MR) is 96.3 cm³/mol. The third kappa shape index (κ3) is 4.05. The molecule has 0 radical (unpaired) electrons. The van der Waals surface area contributed by atoms with E-state index < -0.39 is 0 Å². The number of aliphatic hydroxyl groups is 1. The molecular formula is C19H26N4O2. The molecule has 0 bridgehead atoms. The second-order valence-electron chi connectivity index (χ2n) is 7.10. The van der Waals surface area contributed by atoms with E-state index >= 15 is 0 Å². The summed E-state index contributed by atoms with van der Waals surface area (Å²) in [5, 5.41) is 22.1. The molecule has 0 aromatic heterocycles. The quantitative estimate of drug-likeness (QED) is 0.880. The van der Waals surface area contributed by atoms with E-state index in [0.717, 1.165) is 38.0 Å². The van der Waals surface area contributed by atoms with Crippen molar-refractivity contribution in [2.24, 2.45) is 5.92 Å². The van der Waals surface area contributed by atoms with Gasteiger partial charge in [0.15, 0.2) is 0 Å². The van der Waals surface area contributed by atoms with Crippen LogP contribution in [0.25, 0.3) is 0 Å². The number of hydrogen-bond donors (Lipinski definition) is 2. The van der Waals surface area contributed by atoms with Crippen molar-refractivity contribution >= 4 is 11.7 Å². The minimum atomic E-state index is -0.370. The molecule has 1 aromatic rings. The van der Waals surface area contributed by atoms with Crippen LogP contribution >= 0.6 is 0 Å². The van der Waals surface area contributed by atoms with Crippen LogP contribution in [0.15, 0.2) is 24.3 Å². The number of nitriles is 1. The van der Waals surface area contributed by atoms with Gasteiger partial charge in [-0.3, -0.25) is 0 Å². The van der Waals surface area contributed by atoms with Crippen molar-refractivity contribution in [3.05, 3.63) is 29.8 Å². The van der Waals surface area contributed by atoms with Crippen LogP contribution in [0, 0.1) is 17.2 Å². The minimum Gasteiger partial charge on any atom is -0.393 e. The molecule has 2 N–H and O–H groups in total. The van der Waals surface area contributed by atoms with Gasteiger partial charge in [0.25, 0.3) is 0 Å². The molecule has 3 atom stereocenters. The first-order valence-corrected chi connectivity index (χ1v) is 9.06. The number of piperidine rings is 1. The van der Waals surface area contributed by atoms with Gasteiger partial charge in [0, 0.05) is 38.1 Å². The molecule has 6 heteroatoms. The number of urea groups is 1. The van der Waals surface area contributed by atoms with Crippen LogP contribution in [-0.2, 0) is 0 Å². The van der Waals surface area contributed by atoms with Crippen LogP contribution in [0.4, 0.5) is 10.5 Å². The fourth-order valence-corrected chi connectivity index (χ4v) is 3.79. The maximum Gasteiger partial charge on any atom is 0.317 e. The molecule has 0 aliphatic carbocycles. The Morgan fingerprint density at radius 1 is 1.32 bits per heavy atom. The lowest BCUT2D eigenvalue weighted by Gasteiger charge is -2.36. The second kappa shape index (κ2) is 7.75. The molecule has 3 rings (SSSR count). The van der Waals surface area contributed by atoms with Gasteiger partial charge < -0.3 is 20.2 Å². The van der Waals surface area contributed by atoms with E-state index in [9.17, 15) is 15.2 Å². The van der Waals surface area contributed by atoms with Gasteiger partial charge in [-0.15, -0.1) is 0 Å². The first kappa shape index (κ1) is 17.6. The number of nitrogens with zero attached hydrogens (tertiary/aromatic N) is 3. The van der Waals surface area contributed by atoms with Gasteiger partial charge in [-0.1, -0.05) is 12.1 Å². The zero-order valence-corrected chi connectivity index (χ0v) is 14.7. The van der Waals surface area contributed by atoms with Crippen LogP contribution in [0.3, 0.4) is 0 Å². The number of carbonyl (C=O) groups excluding carboxylic acids is 1. The van der Waals surface area contributed by atoms with Crippen molar-refractivity contribution in [3.63, 3.8) is 0 Å². The molecule has 0 unspecified atom stereocenters. The van der Waals surface area contributed by atoms with Gasteiger partial charge in [-0.25, -0.2) is 4.79 Å². The smallest absolute Gasteiger partial charge is 0.317 e. The molecule has 134 valence electrons. The van der Waals surface area contributed by atoms with Crippen molar-refractivity contribution in [1.29, 1.82) is 5.26 Å². The highest BCUT2D eigenvalue weighted by atomic mass is 16.3. The molecule has 1 aromatic carbocycles. The van der Waals surface area contributed by atoms with Gasteiger partial charge in [0.05, 0.1) is 17.4 Å². The molecule has 2 aliphatic rings. The number of nitrogens with one attached hydrogen (secondary N) is 1. The van der Waals surface area contributed by atoms with E-state index in [4.69, 9.17) is 0 Å². The first-order chi connectivity index (χ1) is 12.1. The normalized spacial score (nSPS) is 24.7. The zero-order valence-electron chi connectivity index (χ0n) is 14.7. The number of anilines is 1. The Morgan fingerprint density at radius 2 is 2.12 bits per heavy atom. The summed E-state index contributed by atoms with van der Waals surface area (Å²) in [6.07, 6.45) is 2.42. The number of para-hydroxylation sites is 1.